The second kappa shape index (κ2) is 6.38. The van der Waals surface area contributed by atoms with Crippen molar-refractivity contribution in [2.75, 3.05) is 14.1 Å². The minimum atomic E-state index is -4.34. The van der Waals surface area contributed by atoms with Crippen LogP contribution < -0.4 is 5.73 Å². The van der Waals surface area contributed by atoms with Gasteiger partial charge in [-0.3, -0.25) is 4.99 Å². The molecule has 0 aliphatic rings. The Balaban J connectivity index is 2.91. The number of aliphatic imine (C=N–C) groups is 1. The highest BCUT2D eigenvalue weighted by Crippen LogP contribution is 2.17. The van der Waals surface area contributed by atoms with Crippen LogP contribution in [0.25, 0.3) is 0 Å². The minimum Gasteiger partial charge on any atom is -0.336 e. The van der Waals surface area contributed by atoms with Crippen molar-refractivity contribution in [2.45, 2.75) is 12.7 Å². The lowest BCUT2D eigenvalue weighted by Gasteiger charge is -2.17. The summed E-state index contributed by atoms with van der Waals surface area (Å²) in [5.41, 5.74) is 7.17. The fourth-order valence-corrected chi connectivity index (χ4v) is 1.55. The first kappa shape index (κ1) is 15.2. The standard InChI is InChI=1S/C13H16F3N3/c1-18-12(19(2)8-7-13(14,15)16)11-5-3-10(9-17)4-6-11/h3-8H,9,17H2,1-2H3/b8-7+,18-12?. The van der Waals surface area contributed by atoms with Gasteiger partial charge in [-0.05, 0) is 5.56 Å². The van der Waals surface area contributed by atoms with E-state index in [1.807, 2.05) is 12.1 Å². The fraction of sp³-hybridized carbons (Fsp3) is 0.308. The molecule has 1 aromatic rings. The van der Waals surface area contributed by atoms with Gasteiger partial charge >= 0.3 is 6.18 Å². The van der Waals surface area contributed by atoms with Crippen LogP contribution in [0.4, 0.5) is 13.2 Å². The number of amidine groups is 1. The number of halogens is 3. The summed E-state index contributed by atoms with van der Waals surface area (Å²) >= 11 is 0. The summed E-state index contributed by atoms with van der Waals surface area (Å²) in [4.78, 5) is 5.33. The molecule has 0 aliphatic heterocycles. The van der Waals surface area contributed by atoms with Crippen molar-refractivity contribution in [1.29, 1.82) is 0 Å². The molecular weight excluding hydrogens is 255 g/mol. The van der Waals surface area contributed by atoms with E-state index in [9.17, 15) is 13.2 Å². The molecule has 1 aromatic carbocycles. The molecule has 104 valence electrons. The molecule has 0 bridgehead atoms. The van der Waals surface area contributed by atoms with Gasteiger partial charge in [0.15, 0.2) is 0 Å². The summed E-state index contributed by atoms with van der Waals surface area (Å²) in [6, 6.07) is 7.20. The van der Waals surface area contributed by atoms with E-state index in [1.54, 1.807) is 12.1 Å². The molecule has 0 radical (unpaired) electrons. The zero-order valence-electron chi connectivity index (χ0n) is 10.8. The number of alkyl halides is 3. The maximum atomic E-state index is 12.1. The lowest BCUT2D eigenvalue weighted by molar-refractivity contribution is -0.0804. The lowest BCUT2D eigenvalue weighted by atomic mass is 10.1. The number of nitrogens with zero attached hydrogens (tertiary/aromatic N) is 2. The molecule has 19 heavy (non-hydrogen) atoms. The molecule has 0 saturated heterocycles. The van der Waals surface area contributed by atoms with Crippen molar-refractivity contribution in [3.8, 4) is 0 Å². The number of hydrogen-bond acceptors (Lipinski definition) is 2. The van der Waals surface area contributed by atoms with E-state index in [4.69, 9.17) is 5.73 Å². The van der Waals surface area contributed by atoms with E-state index in [1.165, 1.54) is 19.0 Å². The van der Waals surface area contributed by atoms with Crippen molar-refractivity contribution < 1.29 is 13.2 Å². The van der Waals surface area contributed by atoms with Crippen LogP contribution in [0.2, 0.25) is 0 Å². The Labute approximate surface area is 110 Å². The fourth-order valence-electron chi connectivity index (χ4n) is 1.55. The molecule has 0 amide bonds. The van der Waals surface area contributed by atoms with Crippen LogP contribution in [0.15, 0.2) is 41.5 Å². The third-order valence-corrected chi connectivity index (χ3v) is 2.48. The Kier molecular flexibility index (Phi) is 5.11. The van der Waals surface area contributed by atoms with Gasteiger partial charge in [0.2, 0.25) is 0 Å². The van der Waals surface area contributed by atoms with Crippen LogP contribution in [-0.2, 0) is 6.54 Å². The topological polar surface area (TPSA) is 41.6 Å². The first-order valence-corrected chi connectivity index (χ1v) is 5.62. The van der Waals surface area contributed by atoms with Crippen molar-refractivity contribution in [3.05, 3.63) is 47.7 Å². The zero-order chi connectivity index (χ0) is 14.5. The van der Waals surface area contributed by atoms with Crippen LogP contribution in [0.3, 0.4) is 0 Å². The number of allylic oxidation sites excluding steroid dienone is 1. The number of rotatable bonds is 3. The Hall–Kier alpha value is -1.82. The van der Waals surface area contributed by atoms with Gasteiger partial charge in [-0.25, -0.2) is 0 Å². The predicted molar refractivity (Wildman–Crippen MR) is 69.8 cm³/mol. The summed E-state index contributed by atoms with van der Waals surface area (Å²) in [6.45, 7) is 0.419. The van der Waals surface area contributed by atoms with Gasteiger partial charge in [0.25, 0.3) is 0 Å². The summed E-state index contributed by atoms with van der Waals surface area (Å²) in [7, 11) is 3.05. The quantitative estimate of drug-likeness (QED) is 0.678. The van der Waals surface area contributed by atoms with Crippen LogP contribution in [0.1, 0.15) is 11.1 Å². The summed E-state index contributed by atoms with van der Waals surface area (Å²) in [5, 5.41) is 0. The smallest absolute Gasteiger partial charge is 0.336 e. The summed E-state index contributed by atoms with van der Waals surface area (Å²) in [6.07, 6.45) is -3.22. The average Bonchev–Trinajstić information content (AvgIpc) is 2.37. The molecule has 0 spiro atoms. The number of benzene rings is 1. The average molecular weight is 271 g/mol. The van der Waals surface area contributed by atoms with E-state index in [-0.39, 0.29) is 6.08 Å². The van der Waals surface area contributed by atoms with Crippen LogP contribution >= 0.6 is 0 Å². The van der Waals surface area contributed by atoms with E-state index < -0.39 is 6.18 Å². The van der Waals surface area contributed by atoms with E-state index in [0.717, 1.165) is 17.3 Å². The molecule has 0 fully saturated rings. The Morgan fingerprint density at radius 1 is 1.32 bits per heavy atom. The molecule has 3 nitrogen and oxygen atoms in total. The first-order chi connectivity index (χ1) is 8.87. The van der Waals surface area contributed by atoms with Crippen molar-refractivity contribution in [1.82, 2.24) is 4.90 Å². The van der Waals surface area contributed by atoms with Gasteiger partial charge in [0.05, 0.1) is 0 Å². The maximum Gasteiger partial charge on any atom is 0.411 e. The second-order valence-electron chi connectivity index (χ2n) is 3.92. The first-order valence-electron chi connectivity index (χ1n) is 5.62. The molecule has 2 N–H and O–H groups in total. The van der Waals surface area contributed by atoms with E-state index in [2.05, 4.69) is 4.99 Å². The molecule has 0 saturated carbocycles. The highest BCUT2D eigenvalue weighted by atomic mass is 19.4. The zero-order valence-corrected chi connectivity index (χ0v) is 10.8. The monoisotopic (exact) mass is 271 g/mol. The van der Waals surface area contributed by atoms with Crippen LogP contribution in [0.5, 0.6) is 0 Å². The Morgan fingerprint density at radius 2 is 1.89 bits per heavy atom. The molecule has 0 aliphatic carbocycles. The summed E-state index contributed by atoms with van der Waals surface area (Å²) < 4.78 is 36.4. The number of nitrogens with two attached hydrogens (primary N) is 1. The van der Waals surface area contributed by atoms with E-state index >= 15 is 0 Å². The molecule has 6 heteroatoms. The van der Waals surface area contributed by atoms with Gasteiger partial charge in [-0.1, -0.05) is 24.3 Å². The summed E-state index contributed by atoms with van der Waals surface area (Å²) in [5.74, 6) is 0.448. The minimum absolute atomic E-state index is 0.173. The molecular formula is C13H16F3N3. The molecule has 0 atom stereocenters. The maximum absolute atomic E-state index is 12.1. The van der Waals surface area contributed by atoms with Crippen LogP contribution in [0, 0.1) is 0 Å². The second-order valence-corrected chi connectivity index (χ2v) is 3.92. The highest BCUT2D eigenvalue weighted by molar-refractivity contribution is 5.99. The van der Waals surface area contributed by atoms with Gasteiger partial charge in [0, 0.05) is 38.5 Å². The molecule has 0 heterocycles. The largest absolute Gasteiger partial charge is 0.411 e. The van der Waals surface area contributed by atoms with Crippen LogP contribution in [-0.4, -0.2) is 31.0 Å². The third kappa shape index (κ3) is 4.75. The molecule has 0 unspecified atom stereocenters. The number of hydrogen-bond donors (Lipinski definition) is 1. The van der Waals surface area contributed by atoms with Gasteiger partial charge in [0.1, 0.15) is 5.84 Å². The van der Waals surface area contributed by atoms with Gasteiger partial charge < -0.3 is 10.6 Å². The van der Waals surface area contributed by atoms with Crippen molar-refractivity contribution in [3.63, 3.8) is 0 Å². The van der Waals surface area contributed by atoms with Gasteiger partial charge in [-0.2, -0.15) is 13.2 Å². The van der Waals surface area contributed by atoms with Gasteiger partial charge in [-0.15, -0.1) is 0 Å². The third-order valence-electron chi connectivity index (χ3n) is 2.48. The molecule has 1 rings (SSSR count). The lowest BCUT2D eigenvalue weighted by Crippen LogP contribution is -2.23. The van der Waals surface area contributed by atoms with Crippen molar-refractivity contribution >= 4 is 5.84 Å². The highest BCUT2D eigenvalue weighted by Gasteiger charge is 2.22. The SMILES string of the molecule is CN=C(c1ccc(CN)cc1)N(C)/C=C/C(F)(F)F. The molecule has 0 aromatic heterocycles. The van der Waals surface area contributed by atoms with E-state index in [0.29, 0.717) is 12.4 Å². The normalized spacial score (nSPS) is 13.1. The Morgan fingerprint density at radius 3 is 2.32 bits per heavy atom. The predicted octanol–water partition coefficient (Wildman–Crippen LogP) is 2.53. The Bertz CT molecular complexity index is 461. The van der Waals surface area contributed by atoms with Crippen molar-refractivity contribution in [2.24, 2.45) is 10.7 Å².